The molecule has 0 aromatic heterocycles. The molecule has 0 aromatic carbocycles. The van der Waals surface area contributed by atoms with Gasteiger partial charge in [0.25, 0.3) is 0 Å². The van der Waals surface area contributed by atoms with E-state index in [0.29, 0.717) is 0 Å². The first-order chi connectivity index (χ1) is 15.2. The Kier molecular flexibility index (Phi) is 11.0. The van der Waals surface area contributed by atoms with E-state index in [9.17, 15) is 0 Å². The van der Waals surface area contributed by atoms with Gasteiger partial charge >= 0.3 is 205 Å². The first-order valence-electron chi connectivity index (χ1n) is 13.6. The van der Waals surface area contributed by atoms with Gasteiger partial charge in [0.05, 0.1) is 0 Å². The summed E-state index contributed by atoms with van der Waals surface area (Å²) in [4.78, 5) is 0. The van der Waals surface area contributed by atoms with E-state index in [0.717, 1.165) is 52.4 Å². The Labute approximate surface area is 225 Å². The predicted octanol–water partition coefficient (Wildman–Crippen LogP) is 3.21. The first-order valence-corrected chi connectivity index (χ1v) is 19.1. The maximum Gasteiger partial charge on any atom is 0 e. The largest absolute Gasteiger partial charge is 0 e. The molecule has 0 saturated heterocycles. The third kappa shape index (κ3) is 2.05. The fourth-order valence-electron chi connectivity index (χ4n) is 13.0. The van der Waals surface area contributed by atoms with Crippen molar-refractivity contribution >= 4 is 0 Å². The number of hydrogen-bond acceptors (Lipinski definition) is 8. The molecule has 0 rings (SSSR count). The molecular formula is C24H64N8Ti2. The Hall–Kier alpha value is 1.11. The standard InChI is InChI=1S/4C4H10N.4C2H6N.2Ti/c4*1-3-5-4-2;4*1-3-2;;/h4*3-4H2,1-2H3;4*1-2H3;;/q8*-1;;+8. The molecule has 0 bridgehead atoms. The van der Waals surface area contributed by atoms with Crippen LogP contribution in [0.1, 0.15) is 55.4 Å². The molecule has 0 fully saturated rings. The molecule has 0 saturated carbocycles. The molecule has 0 aliphatic carbocycles. The summed E-state index contributed by atoms with van der Waals surface area (Å²) in [6.45, 7) is 26.0. The van der Waals surface area contributed by atoms with Gasteiger partial charge in [0.2, 0.25) is 0 Å². The van der Waals surface area contributed by atoms with Crippen molar-refractivity contribution in [3.8, 4) is 0 Å². The fourth-order valence-corrected chi connectivity index (χ4v) is 50.7. The normalized spacial score (nSPS) is 18.1. The van der Waals surface area contributed by atoms with Gasteiger partial charge in [0.1, 0.15) is 0 Å². The Bertz CT molecular complexity index is 563. The summed E-state index contributed by atoms with van der Waals surface area (Å²) in [7, 11) is 18.8. The molecule has 8 nitrogen and oxygen atoms in total. The molecular weight excluding hydrogens is 496 g/mol. The molecule has 0 N–H and O–H groups in total. The summed E-state index contributed by atoms with van der Waals surface area (Å²) in [5, 5.41) is 0. The Morgan fingerprint density at radius 1 is 0.324 bits per heavy atom. The molecule has 0 radical (unpaired) electrons. The quantitative estimate of drug-likeness (QED) is 0.266. The van der Waals surface area contributed by atoms with Crippen molar-refractivity contribution in [2.45, 2.75) is 55.4 Å². The molecule has 0 spiro atoms. The van der Waals surface area contributed by atoms with E-state index in [1.54, 1.807) is 0 Å². The molecule has 10 heteroatoms. The van der Waals surface area contributed by atoms with Crippen LogP contribution in [0.15, 0.2) is 0 Å². The minimum absolute atomic E-state index is 0. The zero-order chi connectivity index (χ0) is 26.6. The van der Waals surface area contributed by atoms with Crippen LogP contribution in [0.5, 0.6) is 0 Å². The summed E-state index contributed by atoms with van der Waals surface area (Å²) in [5.41, 5.74) is 0. The molecule has 0 aliphatic rings. The van der Waals surface area contributed by atoms with E-state index in [1.165, 1.54) is 0 Å². The SMILES string of the molecule is CC[N](CC)[Ti]([N](C)C)([N](C)C)([N](C)C)([N](C)C)([N](CC)CC)([N](CC)CC)[N](CC)CC.[Ti]. The number of nitrogens with zero attached hydrogens (tertiary/aromatic N) is 8. The van der Waals surface area contributed by atoms with Crippen LogP contribution in [0, 0.1) is 0 Å². The van der Waals surface area contributed by atoms with Gasteiger partial charge in [0.15, 0.2) is 0 Å². The van der Waals surface area contributed by atoms with Crippen LogP contribution in [-0.4, -0.2) is 136 Å². The summed E-state index contributed by atoms with van der Waals surface area (Å²) in [6.07, 6.45) is 0. The van der Waals surface area contributed by atoms with E-state index in [-0.39, 0.29) is 21.7 Å². The van der Waals surface area contributed by atoms with Crippen molar-refractivity contribution in [2.75, 3.05) is 109 Å². The van der Waals surface area contributed by atoms with Gasteiger partial charge in [-0.15, -0.1) is 0 Å². The molecule has 0 aliphatic heterocycles. The van der Waals surface area contributed by atoms with Crippen LogP contribution in [0.25, 0.3) is 0 Å². The maximum atomic E-state index is 2.88. The summed E-state index contributed by atoms with van der Waals surface area (Å²) >= 11 is -6.79. The van der Waals surface area contributed by atoms with Crippen molar-refractivity contribution in [3.05, 3.63) is 0 Å². The van der Waals surface area contributed by atoms with Gasteiger partial charge in [-0.05, 0) is 0 Å². The summed E-state index contributed by atoms with van der Waals surface area (Å²) in [6, 6.07) is 0. The zero-order valence-electron chi connectivity index (χ0n) is 26.2. The van der Waals surface area contributed by atoms with E-state index in [2.05, 4.69) is 139 Å². The van der Waals surface area contributed by atoms with Crippen LogP contribution in [-0.2, 0) is 35.2 Å². The van der Waals surface area contributed by atoms with E-state index in [4.69, 9.17) is 0 Å². The second kappa shape index (κ2) is 10.0. The van der Waals surface area contributed by atoms with Crippen LogP contribution in [0.2, 0.25) is 0 Å². The third-order valence-electron chi connectivity index (χ3n) is 12.6. The molecule has 0 heterocycles. The molecule has 0 unspecified atom stereocenters. The third-order valence-corrected chi connectivity index (χ3v) is 46.4. The molecule has 34 heavy (non-hydrogen) atoms. The number of hydrogen-bond donors (Lipinski definition) is 0. The van der Waals surface area contributed by atoms with Gasteiger partial charge in [-0.1, -0.05) is 0 Å². The van der Waals surface area contributed by atoms with E-state index < -0.39 is 13.5 Å². The van der Waals surface area contributed by atoms with E-state index in [1.807, 2.05) is 0 Å². The van der Waals surface area contributed by atoms with Crippen LogP contribution < -0.4 is 0 Å². The zero-order valence-corrected chi connectivity index (χ0v) is 29.4. The van der Waals surface area contributed by atoms with Crippen molar-refractivity contribution in [1.29, 1.82) is 0 Å². The van der Waals surface area contributed by atoms with Crippen LogP contribution in [0.4, 0.5) is 0 Å². The molecule has 0 amide bonds. The van der Waals surface area contributed by atoms with Gasteiger partial charge in [-0.2, -0.15) is 0 Å². The first kappa shape index (κ1) is 37.3. The van der Waals surface area contributed by atoms with Crippen molar-refractivity contribution in [1.82, 2.24) is 27.1 Å². The molecule has 0 aromatic rings. The Balaban J connectivity index is 0. The summed E-state index contributed by atoms with van der Waals surface area (Å²) < 4.78 is 22.2. The average Bonchev–Trinajstić information content (AvgIpc) is 2.76. The van der Waals surface area contributed by atoms with Gasteiger partial charge < -0.3 is 0 Å². The fraction of sp³-hybridized carbons (Fsp3) is 1.00. The minimum atomic E-state index is -6.79. The summed E-state index contributed by atoms with van der Waals surface area (Å²) in [5.74, 6) is 0. The second-order valence-corrected chi connectivity index (χ2v) is 29.3. The van der Waals surface area contributed by atoms with E-state index >= 15 is 0 Å². The minimum Gasteiger partial charge on any atom is 0 e. The van der Waals surface area contributed by atoms with Crippen LogP contribution in [0.3, 0.4) is 0 Å². The van der Waals surface area contributed by atoms with Gasteiger partial charge in [-0.25, -0.2) is 0 Å². The maximum absolute atomic E-state index is 6.79. The van der Waals surface area contributed by atoms with Crippen molar-refractivity contribution in [2.24, 2.45) is 0 Å². The van der Waals surface area contributed by atoms with Crippen LogP contribution >= 0.6 is 0 Å². The average molecular weight is 561 g/mol. The topological polar surface area (TPSA) is 25.9 Å². The Morgan fingerprint density at radius 3 is 0.500 bits per heavy atom. The molecule has 0 atom stereocenters. The number of rotatable bonds is 16. The van der Waals surface area contributed by atoms with Crippen molar-refractivity contribution < 1.29 is 35.2 Å². The second-order valence-electron chi connectivity index (χ2n) is 11.1. The Morgan fingerprint density at radius 2 is 0.441 bits per heavy atom. The van der Waals surface area contributed by atoms with Gasteiger partial charge in [0, 0.05) is 21.7 Å². The van der Waals surface area contributed by atoms with Gasteiger partial charge in [-0.3, -0.25) is 0 Å². The van der Waals surface area contributed by atoms with Crippen molar-refractivity contribution in [3.63, 3.8) is 0 Å². The molecule has 208 valence electrons. The predicted molar refractivity (Wildman–Crippen MR) is 146 cm³/mol. The monoisotopic (exact) mass is 560 g/mol. The smallest absolute Gasteiger partial charge is 0 e.